The van der Waals surface area contributed by atoms with Gasteiger partial charge in [-0.25, -0.2) is 4.99 Å². The largest absolute Gasteiger partial charge is 0.497 e. The van der Waals surface area contributed by atoms with Crippen LogP contribution in [0.25, 0.3) is 0 Å². The molecule has 1 heterocycles. The van der Waals surface area contributed by atoms with Gasteiger partial charge in [-0.15, -0.1) is 0 Å². The molecule has 0 aliphatic carbocycles. The molecule has 29 heavy (non-hydrogen) atoms. The van der Waals surface area contributed by atoms with E-state index in [2.05, 4.69) is 54.8 Å². The maximum Gasteiger partial charge on any atom is 0.191 e. The Hall–Kier alpha value is -2.53. The quantitative estimate of drug-likeness (QED) is 0.553. The normalized spacial score (nSPS) is 16.3. The smallest absolute Gasteiger partial charge is 0.191 e. The van der Waals surface area contributed by atoms with E-state index in [-0.39, 0.29) is 5.41 Å². The molecule has 1 aliphatic rings. The van der Waals surface area contributed by atoms with Gasteiger partial charge in [-0.2, -0.15) is 0 Å². The second-order valence-electron chi connectivity index (χ2n) is 7.61. The Labute approximate surface area is 174 Å². The van der Waals surface area contributed by atoms with E-state index in [0.29, 0.717) is 6.54 Å². The Balaban J connectivity index is 1.75. The Morgan fingerprint density at radius 1 is 1.10 bits per heavy atom. The van der Waals surface area contributed by atoms with Crippen LogP contribution in [0.4, 0.5) is 0 Å². The van der Waals surface area contributed by atoms with Crippen LogP contribution in [-0.4, -0.2) is 39.4 Å². The number of ether oxygens (including phenoxy) is 2. The van der Waals surface area contributed by atoms with Crippen LogP contribution < -0.4 is 15.4 Å². The molecule has 1 saturated heterocycles. The second kappa shape index (κ2) is 10.3. The molecule has 0 spiro atoms. The Kier molecular flexibility index (Phi) is 7.53. The first kappa shape index (κ1) is 21.2. The van der Waals surface area contributed by atoms with Crippen LogP contribution >= 0.6 is 0 Å². The third kappa shape index (κ3) is 5.51. The van der Waals surface area contributed by atoms with Crippen LogP contribution in [0.15, 0.2) is 53.5 Å². The van der Waals surface area contributed by atoms with Crippen molar-refractivity contribution in [1.29, 1.82) is 0 Å². The van der Waals surface area contributed by atoms with Gasteiger partial charge in [0.2, 0.25) is 0 Å². The summed E-state index contributed by atoms with van der Waals surface area (Å²) in [6.07, 6.45) is 2.03. The van der Waals surface area contributed by atoms with Gasteiger partial charge in [-0.1, -0.05) is 36.4 Å². The molecule has 0 aromatic heterocycles. The number of aliphatic imine (C=N–C) groups is 1. The molecule has 0 amide bonds. The lowest BCUT2D eigenvalue weighted by atomic mass is 9.72. The highest BCUT2D eigenvalue weighted by molar-refractivity contribution is 5.79. The number of hydrogen-bond donors (Lipinski definition) is 2. The Morgan fingerprint density at radius 2 is 1.90 bits per heavy atom. The average Bonchev–Trinajstić information content (AvgIpc) is 2.77. The number of benzene rings is 2. The van der Waals surface area contributed by atoms with Crippen LogP contribution in [0.3, 0.4) is 0 Å². The highest BCUT2D eigenvalue weighted by Gasteiger charge is 2.35. The number of rotatable bonds is 7. The Morgan fingerprint density at radius 3 is 2.62 bits per heavy atom. The number of methoxy groups -OCH3 is 1. The fourth-order valence-electron chi connectivity index (χ4n) is 4.01. The van der Waals surface area contributed by atoms with E-state index >= 15 is 0 Å². The SMILES string of the molecule is CCNC(=NCc1cccc(OC)c1)NCC1(c2ccccc2C)CCOCC1. The summed E-state index contributed by atoms with van der Waals surface area (Å²) in [5, 5.41) is 6.99. The minimum Gasteiger partial charge on any atom is -0.497 e. The summed E-state index contributed by atoms with van der Waals surface area (Å²) in [7, 11) is 1.69. The van der Waals surface area contributed by atoms with Crippen molar-refractivity contribution < 1.29 is 9.47 Å². The van der Waals surface area contributed by atoms with Crippen LogP contribution in [-0.2, 0) is 16.7 Å². The van der Waals surface area contributed by atoms with Crippen molar-refractivity contribution in [3.63, 3.8) is 0 Å². The van der Waals surface area contributed by atoms with Gasteiger partial charge in [0.05, 0.1) is 13.7 Å². The molecule has 0 radical (unpaired) electrons. The highest BCUT2D eigenvalue weighted by Crippen LogP contribution is 2.36. The van der Waals surface area contributed by atoms with Crippen molar-refractivity contribution in [2.24, 2.45) is 4.99 Å². The lowest BCUT2D eigenvalue weighted by Crippen LogP contribution is -2.48. The van der Waals surface area contributed by atoms with Crippen molar-refractivity contribution >= 4 is 5.96 Å². The van der Waals surface area contributed by atoms with Gasteiger partial charge in [-0.05, 0) is 55.5 Å². The van der Waals surface area contributed by atoms with Crippen molar-refractivity contribution in [1.82, 2.24) is 10.6 Å². The van der Waals surface area contributed by atoms with Crippen molar-refractivity contribution in [3.05, 3.63) is 65.2 Å². The van der Waals surface area contributed by atoms with Gasteiger partial charge >= 0.3 is 0 Å². The lowest BCUT2D eigenvalue weighted by Gasteiger charge is -2.39. The van der Waals surface area contributed by atoms with Gasteiger partial charge < -0.3 is 20.1 Å². The summed E-state index contributed by atoms with van der Waals surface area (Å²) in [5.41, 5.74) is 3.95. The van der Waals surface area contributed by atoms with E-state index < -0.39 is 0 Å². The monoisotopic (exact) mass is 395 g/mol. The maximum atomic E-state index is 5.68. The molecule has 5 heteroatoms. The van der Waals surface area contributed by atoms with Crippen LogP contribution in [0, 0.1) is 6.92 Å². The van der Waals surface area contributed by atoms with Crippen LogP contribution in [0.5, 0.6) is 5.75 Å². The van der Waals surface area contributed by atoms with Gasteiger partial charge in [0.1, 0.15) is 5.75 Å². The molecule has 0 unspecified atom stereocenters. The molecular formula is C24H33N3O2. The molecule has 0 atom stereocenters. The number of hydrogen-bond acceptors (Lipinski definition) is 3. The molecule has 0 bridgehead atoms. The number of aryl methyl sites for hydroxylation is 1. The summed E-state index contributed by atoms with van der Waals surface area (Å²) in [4.78, 5) is 4.80. The zero-order valence-electron chi connectivity index (χ0n) is 17.8. The van der Waals surface area contributed by atoms with Crippen molar-refractivity contribution in [2.45, 2.75) is 38.6 Å². The first-order valence-corrected chi connectivity index (χ1v) is 10.5. The molecule has 2 aromatic rings. The first-order valence-electron chi connectivity index (χ1n) is 10.5. The minimum absolute atomic E-state index is 0.0652. The fraction of sp³-hybridized carbons (Fsp3) is 0.458. The van der Waals surface area contributed by atoms with Crippen LogP contribution in [0.1, 0.15) is 36.5 Å². The lowest BCUT2D eigenvalue weighted by molar-refractivity contribution is 0.0512. The molecule has 5 nitrogen and oxygen atoms in total. The van der Waals surface area contributed by atoms with E-state index in [9.17, 15) is 0 Å². The summed E-state index contributed by atoms with van der Waals surface area (Å²) >= 11 is 0. The fourth-order valence-corrected chi connectivity index (χ4v) is 4.01. The van der Waals surface area contributed by atoms with Gasteiger partial charge in [-0.3, -0.25) is 0 Å². The Bertz CT molecular complexity index is 813. The maximum absolute atomic E-state index is 5.68. The topological polar surface area (TPSA) is 54.9 Å². The van der Waals surface area contributed by atoms with E-state index in [0.717, 1.165) is 56.4 Å². The molecule has 2 aromatic carbocycles. The molecule has 1 aliphatic heterocycles. The molecular weight excluding hydrogens is 362 g/mol. The molecule has 0 saturated carbocycles. The predicted octanol–water partition coefficient (Wildman–Crippen LogP) is 3.81. The molecule has 2 N–H and O–H groups in total. The number of guanidine groups is 1. The second-order valence-corrected chi connectivity index (χ2v) is 7.61. The predicted molar refractivity (Wildman–Crippen MR) is 119 cm³/mol. The van der Waals surface area contributed by atoms with Gasteiger partial charge in [0.15, 0.2) is 5.96 Å². The van der Waals surface area contributed by atoms with Crippen LogP contribution in [0.2, 0.25) is 0 Å². The molecule has 1 fully saturated rings. The third-order valence-corrected chi connectivity index (χ3v) is 5.66. The summed E-state index contributed by atoms with van der Waals surface area (Å²) in [6.45, 7) is 8.16. The molecule has 156 valence electrons. The summed E-state index contributed by atoms with van der Waals surface area (Å²) in [6, 6.07) is 16.8. The third-order valence-electron chi connectivity index (χ3n) is 5.66. The summed E-state index contributed by atoms with van der Waals surface area (Å²) < 4.78 is 11.0. The van der Waals surface area contributed by atoms with E-state index in [4.69, 9.17) is 14.5 Å². The van der Waals surface area contributed by atoms with Crippen molar-refractivity contribution in [3.8, 4) is 5.75 Å². The standard InChI is InChI=1S/C24H33N3O2/c1-4-25-23(26-17-20-9-7-10-21(16-20)28-3)27-18-24(12-14-29-15-13-24)22-11-6-5-8-19(22)2/h5-11,16H,4,12-15,17-18H2,1-3H3,(H2,25,26,27). The number of nitrogens with one attached hydrogen (secondary N) is 2. The van der Waals surface area contributed by atoms with Gasteiger partial charge in [0, 0.05) is 31.7 Å². The van der Waals surface area contributed by atoms with E-state index in [1.54, 1.807) is 7.11 Å². The molecule has 3 rings (SSSR count). The highest BCUT2D eigenvalue weighted by atomic mass is 16.5. The van der Waals surface area contributed by atoms with Gasteiger partial charge in [0.25, 0.3) is 0 Å². The zero-order valence-corrected chi connectivity index (χ0v) is 17.8. The zero-order chi connectivity index (χ0) is 20.5. The minimum atomic E-state index is 0.0652. The van der Waals surface area contributed by atoms with Crippen molar-refractivity contribution in [2.75, 3.05) is 33.4 Å². The van der Waals surface area contributed by atoms with E-state index in [1.165, 1.54) is 11.1 Å². The number of nitrogens with zero attached hydrogens (tertiary/aromatic N) is 1. The van der Waals surface area contributed by atoms with E-state index in [1.807, 2.05) is 18.2 Å². The summed E-state index contributed by atoms with van der Waals surface area (Å²) in [5.74, 6) is 1.70. The average molecular weight is 396 g/mol. The first-order chi connectivity index (χ1) is 14.2.